The van der Waals surface area contributed by atoms with Gasteiger partial charge in [0.25, 0.3) is 0 Å². The van der Waals surface area contributed by atoms with Crippen LogP contribution in [0.1, 0.15) is 31.2 Å². The molecule has 2 saturated heterocycles. The molecule has 0 bridgehead atoms. The summed E-state index contributed by atoms with van der Waals surface area (Å²) in [6.45, 7) is 6.76. The van der Waals surface area contributed by atoms with Gasteiger partial charge in [0.15, 0.2) is 5.82 Å². The van der Waals surface area contributed by atoms with Gasteiger partial charge < -0.3 is 9.72 Å². The van der Waals surface area contributed by atoms with Crippen LogP contribution in [0.5, 0.6) is 5.75 Å². The molecule has 6 heterocycles. The van der Waals surface area contributed by atoms with Crippen LogP contribution < -0.4 is 4.74 Å². The Hall–Kier alpha value is -4.67. The van der Waals surface area contributed by atoms with Gasteiger partial charge in [-0.1, -0.05) is 12.1 Å². The van der Waals surface area contributed by atoms with Gasteiger partial charge in [0.05, 0.1) is 28.4 Å². The van der Waals surface area contributed by atoms with E-state index < -0.39 is 0 Å². The van der Waals surface area contributed by atoms with E-state index in [0.717, 1.165) is 83.6 Å². The summed E-state index contributed by atoms with van der Waals surface area (Å²) in [6.07, 6.45) is 10.6. The number of aromatic nitrogens is 6. The van der Waals surface area contributed by atoms with E-state index in [2.05, 4.69) is 36.0 Å². The molecule has 9 nitrogen and oxygen atoms in total. The van der Waals surface area contributed by atoms with E-state index in [9.17, 15) is 4.39 Å². The van der Waals surface area contributed by atoms with Crippen LogP contribution in [0.25, 0.3) is 55.8 Å². The van der Waals surface area contributed by atoms with Gasteiger partial charge in [0.1, 0.15) is 23.9 Å². The number of aromatic amines is 2. The van der Waals surface area contributed by atoms with Crippen LogP contribution in [-0.2, 0) is 6.54 Å². The van der Waals surface area contributed by atoms with E-state index in [0.29, 0.717) is 23.9 Å². The normalized spacial score (nSPS) is 15.9. The molecule has 0 saturated carbocycles. The number of pyridine rings is 2. The Kier molecular flexibility index (Phi) is 7.44. The third-order valence-electron chi connectivity index (χ3n) is 8.94. The van der Waals surface area contributed by atoms with E-state index >= 15 is 0 Å². The standard InChI is InChI=1S/C35H35FN8O/c36-26-15-24(16-27(17-26)45-13-12-43-8-1-2-9-43)28-6-5-7-30-33(28)40-35(39-30)34-29-18-31(38-21-32(29)41-42-34)25-14-23(19-37-20-25)22-44-10-3-4-11-44/h5-7,14-21H,1-4,8-13,22H2,(H,39,40)(H,41,42). The minimum Gasteiger partial charge on any atom is -0.492 e. The number of H-pyrrole nitrogens is 2. The van der Waals surface area contributed by atoms with E-state index in [1.807, 2.05) is 42.7 Å². The lowest BCUT2D eigenvalue weighted by Gasteiger charge is -2.15. The second-order valence-corrected chi connectivity index (χ2v) is 12.1. The van der Waals surface area contributed by atoms with E-state index in [1.54, 1.807) is 6.20 Å². The molecule has 0 aliphatic carbocycles. The molecule has 2 aromatic carbocycles. The quantitative estimate of drug-likeness (QED) is 0.197. The number of nitrogens with one attached hydrogen (secondary N) is 2. The predicted molar refractivity (Wildman–Crippen MR) is 173 cm³/mol. The summed E-state index contributed by atoms with van der Waals surface area (Å²) in [4.78, 5) is 22.5. The number of ether oxygens (including phenoxy) is 1. The monoisotopic (exact) mass is 602 g/mol. The molecule has 10 heteroatoms. The van der Waals surface area contributed by atoms with Crippen molar-refractivity contribution >= 4 is 21.9 Å². The van der Waals surface area contributed by atoms with Gasteiger partial charge in [0, 0.05) is 48.1 Å². The van der Waals surface area contributed by atoms with Gasteiger partial charge in [-0.2, -0.15) is 5.10 Å². The molecule has 228 valence electrons. The lowest BCUT2D eigenvalue weighted by atomic mass is 10.0. The maximum Gasteiger partial charge on any atom is 0.159 e. The number of likely N-dealkylation sites (tertiary alicyclic amines) is 2. The van der Waals surface area contributed by atoms with Gasteiger partial charge in [-0.05, 0) is 93.3 Å². The zero-order valence-electron chi connectivity index (χ0n) is 25.1. The van der Waals surface area contributed by atoms with Crippen LogP contribution in [0.15, 0.2) is 67.1 Å². The van der Waals surface area contributed by atoms with Crippen molar-refractivity contribution in [1.29, 1.82) is 0 Å². The number of imidazole rings is 1. The maximum atomic E-state index is 14.8. The zero-order valence-corrected chi connectivity index (χ0v) is 25.1. The van der Waals surface area contributed by atoms with Crippen LogP contribution in [0.4, 0.5) is 4.39 Å². The lowest BCUT2D eigenvalue weighted by Crippen LogP contribution is -2.25. The minimum atomic E-state index is -0.339. The molecule has 6 aromatic rings. The molecule has 2 aliphatic heterocycles. The number of rotatable bonds is 9. The van der Waals surface area contributed by atoms with Crippen molar-refractivity contribution in [3.63, 3.8) is 0 Å². The largest absolute Gasteiger partial charge is 0.492 e. The number of hydrogen-bond acceptors (Lipinski definition) is 7. The summed E-state index contributed by atoms with van der Waals surface area (Å²) in [6, 6.07) is 15.0. The number of nitrogens with zero attached hydrogens (tertiary/aromatic N) is 6. The average Bonchev–Trinajstić information content (AvgIpc) is 3.88. The van der Waals surface area contributed by atoms with Crippen LogP contribution >= 0.6 is 0 Å². The number of benzene rings is 2. The number of fused-ring (bicyclic) bond motifs is 2. The number of para-hydroxylation sites is 1. The van der Waals surface area contributed by atoms with Gasteiger partial charge in [-0.3, -0.25) is 24.9 Å². The topological polar surface area (TPSA) is 98.8 Å². The fraction of sp³-hybridized carbons (Fsp3) is 0.314. The predicted octanol–water partition coefficient (Wildman–Crippen LogP) is 6.44. The fourth-order valence-electron chi connectivity index (χ4n) is 6.65. The van der Waals surface area contributed by atoms with Crippen molar-refractivity contribution in [3.05, 3.63) is 78.5 Å². The van der Waals surface area contributed by atoms with Crippen molar-refractivity contribution in [1.82, 2.24) is 39.9 Å². The molecular formula is C35H35FN8O. The molecule has 0 spiro atoms. The molecule has 0 radical (unpaired) electrons. The van der Waals surface area contributed by atoms with Crippen LogP contribution in [0.3, 0.4) is 0 Å². The number of halogens is 1. The highest BCUT2D eigenvalue weighted by atomic mass is 19.1. The summed E-state index contributed by atoms with van der Waals surface area (Å²) in [7, 11) is 0. The lowest BCUT2D eigenvalue weighted by molar-refractivity contribution is 0.237. The number of hydrogen-bond donors (Lipinski definition) is 2. The van der Waals surface area contributed by atoms with Gasteiger partial charge >= 0.3 is 0 Å². The average molecular weight is 603 g/mol. The first-order valence-corrected chi connectivity index (χ1v) is 15.8. The molecule has 0 amide bonds. The second-order valence-electron chi connectivity index (χ2n) is 12.1. The summed E-state index contributed by atoms with van der Waals surface area (Å²) >= 11 is 0. The molecule has 2 N–H and O–H groups in total. The third-order valence-corrected chi connectivity index (χ3v) is 8.94. The highest BCUT2D eigenvalue weighted by Gasteiger charge is 2.18. The third kappa shape index (κ3) is 5.79. The summed E-state index contributed by atoms with van der Waals surface area (Å²) in [5.41, 5.74) is 7.62. The van der Waals surface area contributed by atoms with Gasteiger partial charge in [0.2, 0.25) is 0 Å². The molecule has 45 heavy (non-hydrogen) atoms. The van der Waals surface area contributed by atoms with Crippen molar-refractivity contribution in [2.24, 2.45) is 0 Å². The first kappa shape index (κ1) is 27.8. The first-order valence-electron chi connectivity index (χ1n) is 15.8. The van der Waals surface area contributed by atoms with Crippen LogP contribution in [0, 0.1) is 5.82 Å². The Bertz CT molecular complexity index is 1970. The van der Waals surface area contributed by atoms with Crippen molar-refractivity contribution < 1.29 is 9.13 Å². The van der Waals surface area contributed by atoms with E-state index in [1.165, 1.54) is 43.4 Å². The summed E-state index contributed by atoms with van der Waals surface area (Å²) in [5.74, 6) is 0.809. The zero-order chi connectivity index (χ0) is 30.2. The molecule has 0 atom stereocenters. The Balaban J connectivity index is 1.09. The van der Waals surface area contributed by atoms with E-state index in [4.69, 9.17) is 14.7 Å². The maximum absolute atomic E-state index is 14.8. The van der Waals surface area contributed by atoms with Crippen molar-refractivity contribution in [2.75, 3.05) is 39.3 Å². The highest BCUT2D eigenvalue weighted by molar-refractivity contribution is 5.97. The fourth-order valence-corrected chi connectivity index (χ4v) is 6.65. The second kappa shape index (κ2) is 12.0. The summed E-state index contributed by atoms with van der Waals surface area (Å²) in [5, 5.41) is 8.63. The minimum absolute atomic E-state index is 0.339. The molecule has 4 aromatic heterocycles. The summed E-state index contributed by atoms with van der Waals surface area (Å²) < 4.78 is 20.8. The SMILES string of the molecule is Fc1cc(OCCN2CCCC2)cc(-c2cccc3[nH]c(-c4n[nH]c5cnc(-c6cncc(CN7CCCC7)c6)cc45)nc23)c1. The Morgan fingerprint density at radius 2 is 1.69 bits per heavy atom. The molecule has 8 rings (SSSR count). The van der Waals surface area contributed by atoms with Crippen LogP contribution in [0.2, 0.25) is 0 Å². The smallest absolute Gasteiger partial charge is 0.159 e. The Morgan fingerprint density at radius 3 is 2.56 bits per heavy atom. The van der Waals surface area contributed by atoms with Crippen LogP contribution in [-0.4, -0.2) is 79.3 Å². The van der Waals surface area contributed by atoms with Gasteiger partial charge in [-0.25, -0.2) is 9.37 Å². The molecule has 0 unspecified atom stereocenters. The molecular weight excluding hydrogens is 567 g/mol. The molecule has 2 aliphatic rings. The highest BCUT2D eigenvalue weighted by Crippen LogP contribution is 2.34. The van der Waals surface area contributed by atoms with Gasteiger partial charge in [-0.15, -0.1) is 0 Å². The van der Waals surface area contributed by atoms with Crippen molar-refractivity contribution in [3.8, 4) is 39.7 Å². The Morgan fingerprint density at radius 1 is 0.844 bits per heavy atom. The first-order chi connectivity index (χ1) is 22.2. The molecule has 2 fully saturated rings. The van der Waals surface area contributed by atoms with E-state index in [-0.39, 0.29) is 5.82 Å². The Labute approximate surface area is 260 Å². The van der Waals surface area contributed by atoms with Crippen molar-refractivity contribution in [2.45, 2.75) is 32.2 Å².